The van der Waals surface area contributed by atoms with E-state index in [1.165, 1.54) is 33.3 Å². The largest absolute Gasteiger partial charge is 0.497 e. The molecule has 9 nitrogen and oxygen atoms in total. The van der Waals surface area contributed by atoms with Crippen LogP contribution in [0.4, 0.5) is 11.4 Å². The predicted molar refractivity (Wildman–Crippen MR) is 126 cm³/mol. The minimum atomic E-state index is -1.47. The molecular weight excluding hydrogens is 473 g/mol. The van der Waals surface area contributed by atoms with Crippen LogP contribution in [0.25, 0.3) is 0 Å². The van der Waals surface area contributed by atoms with Crippen LogP contribution >= 0.6 is 23.2 Å². The summed E-state index contributed by atoms with van der Waals surface area (Å²) in [6, 6.07) is 4.77. The van der Waals surface area contributed by atoms with E-state index < -0.39 is 17.7 Å². The standard InChI is InChI=1S/C22H25Cl2N3O6/c1-6-32-17-9-8-14(23)21(33-7-2)19(17)25-22(29)18(12(3)28)27-26-16-11-13(30-4)10-15(24)20(16)31-5/h8-11,18H,6-7H2,1-5H3,(H,25,29). The topological polar surface area (TPSA) is 108 Å². The van der Waals surface area contributed by atoms with Gasteiger partial charge in [-0.3, -0.25) is 9.59 Å². The number of methoxy groups -OCH3 is 2. The summed E-state index contributed by atoms with van der Waals surface area (Å²) in [6.07, 6.45) is 0. The smallest absolute Gasteiger partial charge is 0.259 e. The van der Waals surface area contributed by atoms with Crippen molar-refractivity contribution in [3.63, 3.8) is 0 Å². The van der Waals surface area contributed by atoms with Crippen LogP contribution in [0.5, 0.6) is 23.0 Å². The van der Waals surface area contributed by atoms with Gasteiger partial charge in [-0.25, -0.2) is 0 Å². The number of ether oxygens (including phenoxy) is 4. The van der Waals surface area contributed by atoms with E-state index in [0.29, 0.717) is 24.7 Å². The number of amides is 1. The normalized spacial score (nSPS) is 11.7. The quantitative estimate of drug-likeness (QED) is 0.324. The van der Waals surface area contributed by atoms with Crippen LogP contribution in [0.15, 0.2) is 34.5 Å². The van der Waals surface area contributed by atoms with Crippen molar-refractivity contribution < 1.29 is 28.5 Å². The van der Waals surface area contributed by atoms with Crippen molar-refractivity contribution in [3.05, 3.63) is 34.3 Å². The summed E-state index contributed by atoms with van der Waals surface area (Å²) in [4.78, 5) is 25.3. The van der Waals surface area contributed by atoms with E-state index in [2.05, 4.69) is 15.5 Å². The number of hydrogen-bond acceptors (Lipinski definition) is 8. The van der Waals surface area contributed by atoms with Crippen LogP contribution in [0, 0.1) is 0 Å². The third-order valence-corrected chi connectivity index (χ3v) is 4.84. The van der Waals surface area contributed by atoms with Gasteiger partial charge in [0.2, 0.25) is 6.04 Å². The van der Waals surface area contributed by atoms with Crippen molar-refractivity contribution in [2.45, 2.75) is 26.8 Å². The fourth-order valence-electron chi connectivity index (χ4n) is 2.80. The van der Waals surface area contributed by atoms with Crippen LogP contribution < -0.4 is 24.3 Å². The van der Waals surface area contributed by atoms with Gasteiger partial charge in [0.05, 0.1) is 37.5 Å². The molecule has 178 valence electrons. The monoisotopic (exact) mass is 497 g/mol. The fraction of sp³-hybridized carbons (Fsp3) is 0.364. The van der Waals surface area contributed by atoms with Gasteiger partial charge in [0, 0.05) is 12.1 Å². The fourth-order valence-corrected chi connectivity index (χ4v) is 3.29. The third kappa shape index (κ3) is 6.49. The van der Waals surface area contributed by atoms with E-state index in [1.54, 1.807) is 26.0 Å². The van der Waals surface area contributed by atoms with Gasteiger partial charge in [0.25, 0.3) is 5.91 Å². The maximum absolute atomic E-state index is 13.0. The van der Waals surface area contributed by atoms with Crippen molar-refractivity contribution in [1.82, 2.24) is 0 Å². The second kappa shape index (κ2) is 12.3. The molecule has 0 aliphatic heterocycles. The first kappa shape index (κ1) is 26.2. The molecule has 0 saturated carbocycles. The van der Waals surface area contributed by atoms with Crippen LogP contribution in [-0.2, 0) is 9.59 Å². The molecule has 0 spiro atoms. The highest BCUT2D eigenvalue weighted by atomic mass is 35.5. The Labute approximate surface area is 202 Å². The summed E-state index contributed by atoms with van der Waals surface area (Å²) in [5, 5.41) is 11.1. The summed E-state index contributed by atoms with van der Waals surface area (Å²) in [5.41, 5.74) is 0.383. The van der Waals surface area contributed by atoms with E-state index in [4.69, 9.17) is 42.1 Å². The van der Waals surface area contributed by atoms with Gasteiger partial charge < -0.3 is 24.3 Å². The molecule has 0 bridgehead atoms. The molecule has 0 radical (unpaired) electrons. The van der Waals surface area contributed by atoms with Gasteiger partial charge in [0.1, 0.15) is 22.9 Å². The average Bonchev–Trinajstić information content (AvgIpc) is 2.77. The zero-order valence-electron chi connectivity index (χ0n) is 18.9. The molecular formula is C22H25Cl2N3O6. The van der Waals surface area contributed by atoms with Crippen LogP contribution in [0.2, 0.25) is 10.0 Å². The summed E-state index contributed by atoms with van der Waals surface area (Å²) in [7, 11) is 2.87. The molecule has 0 aliphatic rings. The van der Waals surface area contributed by atoms with E-state index >= 15 is 0 Å². The summed E-state index contributed by atoms with van der Waals surface area (Å²) in [6.45, 7) is 5.42. The lowest BCUT2D eigenvalue weighted by molar-refractivity contribution is -0.126. The lowest BCUT2D eigenvalue weighted by Crippen LogP contribution is -2.32. The molecule has 1 unspecified atom stereocenters. The Kier molecular flexibility index (Phi) is 9.74. The highest BCUT2D eigenvalue weighted by Crippen LogP contribution is 2.41. The Hall–Kier alpha value is -3.04. The number of carbonyl (C=O) groups excluding carboxylic acids is 2. The first-order chi connectivity index (χ1) is 15.8. The Bertz CT molecular complexity index is 1050. The Balaban J connectivity index is 2.43. The van der Waals surface area contributed by atoms with Gasteiger partial charge in [-0.2, -0.15) is 10.2 Å². The van der Waals surface area contributed by atoms with Gasteiger partial charge in [-0.1, -0.05) is 23.2 Å². The lowest BCUT2D eigenvalue weighted by Gasteiger charge is -2.18. The Morgan fingerprint density at radius 1 is 1.00 bits per heavy atom. The van der Waals surface area contributed by atoms with E-state index in [0.717, 1.165) is 0 Å². The molecule has 2 aromatic rings. The predicted octanol–water partition coefficient (Wildman–Crippen LogP) is 5.49. The Morgan fingerprint density at radius 3 is 2.27 bits per heavy atom. The summed E-state index contributed by atoms with van der Waals surface area (Å²) in [5.74, 6) is -0.111. The molecule has 2 aromatic carbocycles. The molecule has 1 amide bonds. The van der Waals surface area contributed by atoms with E-state index in [9.17, 15) is 9.59 Å². The lowest BCUT2D eigenvalue weighted by atomic mass is 10.2. The van der Waals surface area contributed by atoms with Gasteiger partial charge in [-0.05, 0) is 32.9 Å². The van der Waals surface area contributed by atoms with Gasteiger partial charge in [0.15, 0.2) is 17.3 Å². The number of halogens is 2. The highest BCUT2D eigenvalue weighted by Gasteiger charge is 2.27. The van der Waals surface area contributed by atoms with Crippen molar-refractivity contribution in [3.8, 4) is 23.0 Å². The third-order valence-electron chi connectivity index (χ3n) is 4.26. The van der Waals surface area contributed by atoms with Crippen LogP contribution in [-0.4, -0.2) is 45.2 Å². The molecule has 0 saturated heterocycles. The van der Waals surface area contributed by atoms with Crippen molar-refractivity contribution >= 4 is 46.3 Å². The molecule has 0 fully saturated rings. The van der Waals surface area contributed by atoms with Crippen LogP contribution in [0.3, 0.4) is 0 Å². The molecule has 2 rings (SSSR count). The number of Topliss-reactive ketones (excluding diaryl/α,β-unsaturated/α-hetero) is 1. The minimum absolute atomic E-state index is 0.189. The van der Waals surface area contributed by atoms with Crippen LogP contribution in [0.1, 0.15) is 20.8 Å². The second-order valence-corrected chi connectivity index (χ2v) is 7.31. The second-order valence-electron chi connectivity index (χ2n) is 6.50. The summed E-state index contributed by atoms with van der Waals surface area (Å²) >= 11 is 12.4. The summed E-state index contributed by atoms with van der Waals surface area (Å²) < 4.78 is 21.6. The number of benzene rings is 2. The first-order valence-electron chi connectivity index (χ1n) is 9.99. The molecule has 11 heteroatoms. The number of anilines is 1. The average molecular weight is 498 g/mol. The maximum Gasteiger partial charge on any atom is 0.259 e. The number of carbonyl (C=O) groups is 2. The number of nitrogens with one attached hydrogen (secondary N) is 1. The van der Waals surface area contributed by atoms with Gasteiger partial charge >= 0.3 is 0 Å². The van der Waals surface area contributed by atoms with Crippen molar-refractivity contribution in [2.24, 2.45) is 10.2 Å². The first-order valence-corrected chi connectivity index (χ1v) is 10.7. The maximum atomic E-state index is 13.0. The van der Waals surface area contributed by atoms with E-state index in [1.807, 2.05) is 0 Å². The minimum Gasteiger partial charge on any atom is -0.497 e. The molecule has 0 aromatic heterocycles. The zero-order chi connectivity index (χ0) is 24.5. The van der Waals surface area contributed by atoms with Gasteiger partial charge in [-0.15, -0.1) is 0 Å². The Morgan fingerprint density at radius 2 is 1.70 bits per heavy atom. The highest BCUT2D eigenvalue weighted by molar-refractivity contribution is 6.33. The van der Waals surface area contributed by atoms with E-state index in [-0.39, 0.29) is 32.9 Å². The zero-order valence-corrected chi connectivity index (χ0v) is 20.4. The molecule has 0 heterocycles. The number of nitrogens with zero attached hydrogens (tertiary/aromatic N) is 2. The molecule has 33 heavy (non-hydrogen) atoms. The number of ketones is 1. The molecule has 0 aliphatic carbocycles. The SMILES string of the molecule is CCOc1ccc(Cl)c(OCC)c1NC(=O)C(N=Nc1cc(OC)cc(Cl)c1OC)C(C)=O. The van der Waals surface area contributed by atoms with Crippen molar-refractivity contribution in [1.29, 1.82) is 0 Å². The molecule has 1 atom stereocenters. The van der Waals surface area contributed by atoms with Crippen molar-refractivity contribution in [2.75, 3.05) is 32.8 Å². The number of azo groups is 1. The molecule has 1 N–H and O–H groups in total. The number of rotatable bonds is 11. The number of hydrogen-bond donors (Lipinski definition) is 1.